The van der Waals surface area contributed by atoms with E-state index >= 15 is 0 Å². The molecule has 2 aliphatic rings. The van der Waals surface area contributed by atoms with Crippen LogP contribution in [-0.2, 0) is 11.0 Å². The van der Waals surface area contributed by atoms with E-state index in [9.17, 15) is 18.0 Å². The maximum absolute atomic E-state index is 12.8. The van der Waals surface area contributed by atoms with Gasteiger partial charge in [0.15, 0.2) is 0 Å². The second-order valence-corrected chi connectivity index (χ2v) is 5.74. The summed E-state index contributed by atoms with van der Waals surface area (Å²) in [5.41, 5.74) is -0.0182. The first kappa shape index (κ1) is 14.4. The monoisotopic (exact) mass is 298 g/mol. The Balaban J connectivity index is 1.82. The molecule has 3 nitrogen and oxygen atoms in total. The molecular weight excluding hydrogens is 281 g/mol. The fourth-order valence-corrected chi connectivity index (χ4v) is 2.81. The average Bonchev–Trinajstić information content (AvgIpc) is 3.19. The summed E-state index contributed by atoms with van der Waals surface area (Å²) in [6, 6.07) is 4.94. The Bertz CT molecular complexity index is 540. The Kier molecular flexibility index (Phi) is 3.65. The summed E-state index contributed by atoms with van der Waals surface area (Å²) >= 11 is 0. The molecule has 114 valence electrons. The largest absolute Gasteiger partial charge is 0.416 e. The van der Waals surface area contributed by atoms with E-state index in [4.69, 9.17) is 0 Å². The van der Waals surface area contributed by atoms with Gasteiger partial charge in [0.05, 0.1) is 11.6 Å². The van der Waals surface area contributed by atoms with Gasteiger partial charge in [0, 0.05) is 12.6 Å². The first-order chi connectivity index (χ1) is 9.95. The molecule has 2 unspecified atom stereocenters. The van der Waals surface area contributed by atoms with Crippen molar-refractivity contribution in [2.45, 2.75) is 37.5 Å². The number of halogens is 3. The van der Waals surface area contributed by atoms with Gasteiger partial charge in [0.1, 0.15) is 0 Å². The van der Waals surface area contributed by atoms with Crippen molar-refractivity contribution >= 4 is 5.91 Å². The smallest absolute Gasteiger partial charge is 0.355 e. The van der Waals surface area contributed by atoms with Gasteiger partial charge in [0.25, 0.3) is 0 Å². The summed E-state index contributed by atoms with van der Waals surface area (Å²) in [5.74, 6) is 0.259. The average molecular weight is 298 g/mol. The maximum atomic E-state index is 12.8. The fraction of sp³-hybridized carbons (Fsp3) is 0.533. The number of rotatable bonds is 4. The zero-order chi connectivity index (χ0) is 15.0. The van der Waals surface area contributed by atoms with Crippen LogP contribution in [0.15, 0.2) is 24.3 Å². The molecule has 0 spiro atoms. The molecule has 1 aliphatic heterocycles. The highest BCUT2D eigenvalue weighted by molar-refractivity contribution is 5.83. The molecule has 1 saturated carbocycles. The number of hydrogen-bond donors (Lipinski definition) is 2. The van der Waals surface area contributed by atoms with Gasteiger partial charge >= 0.3 is 6.18 Å². The van der Waals surface area contributed by atoms with Crippen LogP contribution in [0.4, 0.5) is 13.2 Å². The molecule has 3 rings (SSSR count). The van der Waals surface area contributed by atoms with Crippen molar-refractivity contribution < 1.29 is 18.0 Å². The van der Waals surface area contributed by atoms with E-state index in [1.54, 1.807) is 6.07 Å². The third kappa shape index (κ3) is 3.20. The van der Waals surface area contributed by atoms with Crippen LogP contribution in [0, 0.1) is 5.92 Å². The van der Waals surface area contributed by atoms with Gasteiger partial charge in [-0.05, 0) is 42.9 Å². The Labute approximate surface area is 120 Å². The predicted molar refractivity (Wildman–Crippen MR) is 71.5 cm³/mol. The van der Waals surface area contributed by atoms with E-state index in [1.165, 1.54) is 12.1 Å². The molecule has 1 aromatic carbocycles. The van der Waals surface area contributed by atoms with Crippen LogP contribution in [0.5, 0.6) is 0 Å². The van der Waals surface area contributed by atoms with Crippen LogP contribution in [0.25, 0.3) is 0 Å². The normalized spacial score (nSPS) is 24.0. The van der Waals surface area contributed by atoms with E-state index in [0.29, 0.717) is 24.4 Å². The van der Waals surface area contributed by atoms with Crippen molar-refractivity contribution in [3.8, 4) is 0 Å². The number of nitrogens with one attached hydrogen (secondary N) is 2. The van der Waals surface area contributed by atoms with E-state index < -0.39 is 11.7 Å². The van der Waals surface area contributed by atoms with Crippen molar-refractivity contribution in [1.29, 1.82) is 0 Å². The third-order valence-electron chi connectivity index (χ3n) is 4.10. The molecule has 6 heteroatoms. The summed E-state index contributed by atoms with van der Waals surface area (Å²) in [7, 11) is 0. The van der Waals surface area contributed by atoms with E-state index in [2.05, 4.69) is 10.6 Å². The molecule has 1 aromatic rings. The van der Waals surface area contributed by atoms with Crippen molar-refractivity contribution in [2.75, 3.05) is 6.54 Å². The molecule has 1 saturated heterocycles. The second kappa shape index (κ2) is 5.33. The molecule has 2 N–H and O–H groups in total. The van der Waals surface area contributed by atoms with Crippen molar-refractivity contribution in [1.82, 2.24) is 10.6 Å². The Morgan fingerprint density at radius 2 is 2.00 bits per heavy atom. The Morgan fingerprint density at radius 1 is 1.24 bits per heavy atom. The Morgan fingerprint density at radius 3 is 2.57 bits per heavy atom. The highest BCUT2D eigenvalue weighted by atomic mass is 19.4. The van der Waals surface area contributed by atoms with Crippen LogP contribution in [-0.4, -0.2) is 18.5 Å². The van der Waals surface area contributed by atoms with Crippen LogP contribution >= 0.6 is 0 Å². The lowest BCUT2D eigenvalue weighted by atomic mass is 9.98. The lowest BCUT2D eigenvalue weighted by Crippen LogP contribution is -2.39. The van der Waals surface area contributed by atoms with E-state index in [1.807, 2.05) is 0 Å². The van der Waals surface area contributed by atoms with E-state index in [0.717, 1.165) is 18.9 Å². The lowest BCUT2D eigenvalue weighted by Gasteiger charge is -2.23. The minimum Gasteiger partial charge on any atom is -0.355 e. The van der Waals surface area contributed by atoms with Gasteiger partial charge < -0.3 is 5.32 Å². The van der Waals surface area contributed by atoms with Crippen molar-refractivity contribution in [3.05, 3.63) is 35.4 Å². The minimum absolute atomic E-state index is 0.0624. The molecule has 2 atom stereocenters. The first-order valence-electron chi connectivity index (χ1n) is 7.16. The summed E-state index contributed by atoms with van der Waals surface area (Å²) in [6.45, 7) is 0.622. The molecule has 0 radical (unpaired) electrons. The van der Waals surface area contributed by atoms with Gasteiger partial charge in [-0.2, -0.15) is 13.2 Å². The summed E-state index contributed by atoms with van der Waals surface area (Å²) in [6.07, 6.45) is -1.68. The Hall–Kier alpha value is -1.56. The number of carbonyl (C=O) groups is 1. The molecule has 1 heterocycles. The number of alkyl halides is 3. The molecule has 2 fully saturated rings. The van der Waals surface area contributed by atoms with Crippen LogP contribution < -0.4 is 10.6 Å². The molecule has 0 aromatic heterocycles. The minimum atomic E-state index is -4.34. The van der Waals surface area contributed by atoms with Crippen LogP contribution in [0.1, 0.15) is 36.4 Å². The molecular formula is C15H17F3N2O. The molecule has 0 bridgehead atoms. The predicted octanol–water partition coefficient (Wildman–Crippen LogP) is 2.63. The van der Waals surface area contributed by atoms with E-state index in [-0.39, 0.29) is 18.0 Å². The number of benzene rings is 1. The lowest BCUT2D eigenvalue weighted by molar-refractivity contribution is -0.137. The summed E-state index contributed by atoms with van der Waals surface area (Å²) in [4.78, 5) is 11.7. The zero-order valence-corrected chi connectivity index (χ0v) is 11.4. The zero-order valence-electron chi connectivity index (χ0n) is 11.4. The topological polar surface area (TPSA) is 41.1 Å². The quantitative estimate of drug-likeness (QED) is 0.897. The highest BCUT2D eigenvalue weighted by Crippen LogP contribution is 2.42. The summed E-state index contributed by atoms with van der Waals surface area (Å²) < 4.78 is 38.5. The standard InChI is InChI=1S/C15H17F3N2O/c16-15(17,18)11-3-1-2-10(8-11)13(9-4-5-9)20-12-6-7-19-14(12)21/h1-3,8-9,12-13,20H,4-7H2,(H,19,21). The number of amides is 1. The van der Waals surface area contributed by atoms with Gasteiger partial charge in [-0.1, -0.05) is 12.1 Å². The van der Waals surface area contributed by atoms with Gasteiger partial charge in [0.2, 0.25) is 5.91 Å². The SMILES string of the molecule is O=C1NCCC1NC(c1cccc(C(F)(F)F)c1)C1CC1. The van der Waals surface area contributed by atoms with Gasteiger partial charge in [-0.15, -0.1) is 0 Å². The van der Waals surface area contributed by atoms with Gasteiger partial charge in [-0.25, -0.2) is 0 Å². The highest BCUT2D eigenvalue weighted by Gasteiger charge is 2.37. The second-order valence-electron chi connectivity index (χ2n) is 5.74. The summed E-state index contributed by atoms with van der Waals surface area (Å²) in [5, 5.41) is 5.98. The third-order valence-corrected chi connectivity index (χ3v) is 4.10. The molecule has 1 aliphatic carbocycles. The van der Waals surface area contributed by atoms with Crippen LogP contribution in [0.2, 0.25) is 0 Å². The fourth-order valence-electron chi connectivity index (χ4n) is 2.81. The maximum Gasteiger partial charge on any atom is 0.416 e. The molecule has 1 amide bonds. The van der Waals surface area contributed by atoms with Crippen molar-refractivity contribution in [2.24, 2.45) is 5.92 Å². The number of carbonyl (C=O) groups excluding carboxylic acids is 1. The molecule has 21 heavy (non-hydrogen) atoms. The van der Waals surface area contributed by atoms with Crippen LogP contribution in [0.3, 0.4) is 0 Å². The first-order valence-corrected chi connectivity index (χ1v) is 7.16. The number of hydrogen-bond acceptors (Lipinski definition) is 2. The van der Waals surface area contributed by atoms with Crippen molar-refractivity contribution in [3.63, 3.8) is 0 Å². The van der Waals surface area contributed by atoms with Gasteiger partial charge in [-0.3, -0.25) is 10.1 Å².